The van der Waals surface area contributed by atoms with Crippen molar-refractivity contribution in [2.75, 3.05) is 31.1 Å². The summed E-state index contributed by atoms with van der Waals surface area (Å²) in [5, 5.41) is 3.19. The molecule has 1 saturated carbocycles. The lowest BCUT2D eigenvalue weighted by Gasteiger charge is -2.37. The number of benzene rings is 1. The molecule has 2 aliphatic rings. The molecule has 1 aromatic carbocycles. The first-order chi connectivity index (χ1) is 11.6. The Bertz CT molecular complexity index is 571. The fourth-order valence-corrected chi connectivity index (χ4v) is 3.59. The third kappa shape index (κ3) is 4.08. The summed E-state index contributed by atoms with van der Waals surface area (Å²) in [5.41, 5.74) is 1.86. The second kappa shape index (κ2) is 7.69. The van der Waals surface area contributed by atoms with Crippen LogP contribution < -0.4 is 10.2 Å². The molecule has 2 amide bonds. The van der Waals surface area contributed by atoms with E-state index in [4.69, 9.17) is 0 Å². The van der Waals surface area contributed by atoms with Crippen LogP contribution in [-0.2, 0) is 0 Å². The van der Waals surface area contributed by atoms with Crippen molar-refractivity contribution in [1.82, 2.24) is 10.2 Å². The van der Waals surface area contributed by atoms with E-state index in [2.05, 4.69) is 10.2 Å². The molecule has 0 spiro atoms. The Kier molecular flexibility index (Phi) is 5.38. The summed E-state index contributed by atoms with van der Waals surface area (Å²) in [4.78, 5) is 27.9. The molecule has 24 heavy (non-hydrogen) atoms. The Morgan fingerprint density at radius 3 is 2.17 bits per heavy atom. The largest absolute Gasteiger partial charge is 0.368 e. The molecular weight excluding hydrogens is 302 g/mol. The molecule has 1 saturated heterocycles. The third-order valence-electron chi connectivity index (χ3n) is 5.14. The van der Waals surface area contributed by atoms with Crippen LogP contribution >= 0.6 is 0 Å². The zero-order chi connectivity index (χ0) is 16.9. The van der Waals surface area contributed by atoms with Gasteiger partial charge in [-0.05, 0) is 44.0 Å². The van der Waals surface area contributed by atoms with E-state index >= 15 is 0 Å². The molecule has 1 aliphatic heterocycles. The first-order valence-electron chi connectivity index (χ1n) is 9.05. The van der Waals surface area contributed by atoms with Gasteiger partial charge in [0.15, 0.2) is 5.78 Å². The van der Waals surface area contributed by atoms with Gasteiger partial charge in [0.1, 0.15) is 0 Å². The minimum Gasteiger partial charge on any atom is -0.368 e. The number of carbonyl (C=O) groups excluding carboxylic acids is 2. The number of hydrogen-bond acceptors (Lipinski definition) is 3. The number of urea groups is 1. The van der Waals surface area contributed by atoms with Gasteiger partial charge in [-0.1, -0.05) is 19.3 Å². The molecule has 1 aromatic rings. The number of ketones is 1. The van der Waals surface area contributed by atoms with Gasteiger partial charge in [-0.3, -0.25) is 4.79 Å². The summed E-state index contributed by atoms with van der Waals surface area (Å²) in [7, 11) is 0. The monoisotopic (exact) mass is 329 g/mol. The van der Waals surface area contributed by atoms with Crippen molar-refractivity contribution in [3.63, 3.8) is 0 Å². The quantitative estimate of drug-likeness (QED) is 0.867. The van der Waals surface area contributed by atoms with Gasteiger partial charge in [0.2, 0.25) is 0 Å². The van der Waals surface area contributed by atoms with Crippen LogP contribution in [0.5, 0.6) is 0 Å². The highest BCUT2D eigenvalue weighted by Crippen LogP contribution is 2.19. The maximum absolute atomic E-state index is 12.4. The van der Waals surface area contributed by atoms with E-state index in [0.717, 1.165) is 50.3 Å². The molecule has 5 nitrogen and oxygen atoms in total. The first kappa shape index (κ1) is 16.8. The predicted molar refractivity (Wildman–Crippen MR) is 95.6 cm³/mol. The molecule has 0 unspecified atom stereocenters. The van der Waals surface area contributed by atoms with Crippen molar-refractivity contribution in [1.29, 1.82) is 0 Å². The van der Waals surface area contributed by atoms with E-state index in [-0.39, 0.29) is 11.8 Å². The highest BCUT2D eigenvalue weighted by atomic mass is 16.2. The van der Waals surface area contributed by atoms with Gasteiger partial charge in [-0.25, -0.2) is 4.79 Å². The number of nitrogens with zero attached hydrogens (tertiary/aromatic N) is 2. The van der Waals surface area contributed by atoms with Gasteiger partial charge in [0.05, 0.1) is 0 Å². The van der Waals surface area contributed by atoms with Crippen LogP contribution in [-0.4, -0.2) is 48.9 Å². The maximum Gasteiger partial charge on any atom is 0.317 e. The summed E-state index contributed by atoms with van der Waals surface area (Å²) in [5.74, 6) is 0.0887. The molecule has 1 N–H and O–H groups in total. The fourth-order valence-electron chi connectivity index (χ4n) is 3.59. The molecule has 0 aromatic heterocycles. The summed E-state index contributed by atoms with van der Waals surface area (Å²) >= 11 is 0. The molecule has 0 radical (unpaired) electrons. The maximum atomic E-state index is 12.4. The summed E-state index contributed by atoms with van der Waals surface area (Å²) in [6.45, 7) is 4.73. The van der Waals surface area contributed by atoms with E-state index in [9.17, 15) is 9.59 Å². The van der Waals surface area contributed by atoms with E-state index in [1.807, 2.05) is 29.2 Å². The average molecular weight is 329 g/mol. The lowest BCUT2D eigenvalue weighted by molar-refractivity contribution is 0.101. The number of anilines is 1. The van der Waals surface area contributed by atoms with E-state index in [0.29, 0.717) is 6.04 Å². The van der Waals surface area contributed by atoms with Crippen molar-refractivity contribution < 1.29 is 9.59 Å². The summed E-state index contributed by atoms with van der Waals surface area (Å²) < 4.78 is 0. The molecule has 130 valence electrons. The van der Waals surface area contributed by atoms with Crippen LogP contribution in [0.1, 0.15) is 49.4 Å². The second-order valence-corrected chi connectivity index (χ2v) is 6.86. The standard InChI is InChI=1S/C19H27N3O2/c1-15(23)16-7-9-18(10-8-16)21-11-13-22(14-12-21)19(24)20-17-5-3-2-4-6-17/h7-10,17H,2-6,11-14H2,1H3,(H,20,24). The van der Waals surface area contributed by atoms with Crippen LogP contribution in [0.3, 0.4) is 0 Å². The number of Topliss-reactive ketones (excluding diaryl/α,β-unsaturated/α-hetero) is 1. The van der Waals surface area contributed by atoms with Crippen molar-refractivity contribution in [3.05, 3.63) is 29.8 Å². The Labute approximate surface area is 144 Å². The number of nitrogens with one attached hydrogen (secondary N) is 1. The number of hydrogen-bond donors (Lipinski definition) is 1. The molecule has 3 rings (SSSR count). The summed E-state index contributed by atoms with van der Waals surface area (Å²) in [6.07, 6.45) is 6.00. The predicted octanol–water partition coefficient (Wildman–Crippen LogP) is 3.05. The second-order valence-electron chi connectivity index (χ2n) is 6.86. The fraction of sp³-hybridized carbons (Fsp3) is 0.579. The van der Waals surface area contributed by atoms with Gasteiger partial charge < -0.3 is 15.1 Å². The lowest BCUT2D eigenvalue weighted by Crippen LogP contribution is -2.53. The Morgan fingerprint density at radius 2 is 1.58 bits per heavy atom. The van der Waals surface area contributed by atoms with Crippen molar-refractivity contribution >= 4 is 17.5 Å². The van der Waals surface area contributed by atoms with Gasteiger partial charge in [-0.15, -0.1) is 0 Å². The third-order valence-corrected chi connectivity index (χ3v) is 5.14. The van der Waals surface area contributed by atoms with Crippen LogP contribution in [0.4, 0.5) is 10.5 Å². The lowest BCUT2D eigenvalue weighted by atomic mass is 9.96. The Morgan fingerprint density at radius 1 is 0.958 bits per heavy atom. The SMILES string of the molecule is CC(=O)c1ccc(N2CCN(C(=O)NC3CCCCC3)CC2)cc1. The molecule has 0 atom stereocenters. The van der Waals surface area contributed by atoms with Crippen LogP contribution in [0.25, 0.3) is 0 Å². The number of carbonyl (C=O) groups is 2. The van der Waals surface area contributed by atoms with Crippen molar-refractivity contribution in [3.8, 4) is 0 Å². The molecule has 5 heteroatoms. The zero-order valence-electron chi connectivity index (χ0n) is 14.5. The smallest absolute Gasteiger partial charge is 0.317 e. The molecule has 1 aliphatic carbocycles. The normalized spacial score (nSPS) is 19.2. The average Bonchev–Trinajstić information content (AvgIpc) is 2.63. The highest BCUT2D eigenvalue weighted by Gasteiger charge is 2.24. The minimum absolute atomic E-state index is 0.0887. The van der Waals surface area contributed by atoms with Crippen LogP contribution in [0, 0.1) is 0 Å². The highest BCUT2D eigenvalue weighted by molar-refractivity contribution is 5.94. The van der Waals surface area contributed by atoms with Gasteiger partial charge in [-0.2, -0.15) is 0 Å². The van der Waals surface area contributed by atoms with Gasteiger partial charge >= 0.3 is 6.03 Å². The number of rotatable bonds is 3. The van der Waals surface area contributed by atoms with Gasteiger partial charge in [0.25, 0.3) is 0 Å². The van der Waals surface area contributed by atoms with Crippen molar-refractivity contribution in [2.24, 2.45) is 0 Å². The Balaban J connectivity index is 1.49. The Hall–Kier alpha value is -2.04. The molecular formula is C19H27N3O2. The van der Waals surface area contributed by atoms with E-state index in [1.54, 1.807) is 6.92 Å². The minimum atomic E-state index is 0.0887. The first-order valence-corrected chi connectivity index (χ1v) is 9.05. The zero-order valence-corrected chi connectivity index (χ0v) is 14.5. The van der Waals surface area contributed by atoms with E-state index < -0.39 is 0 Å². The molecule has 2 fully saturated rings. The topological polar surface area (TPSA) is 52.7 Å². The van der Waals surface area contributed by atoms with Crippen molar-refractivity contribution in [2.45, 2.75) is 45.1 Å². The number of piperazine rings is 1. The molecule has 1 heterocycles. The number of amides is 2. The van der Waals surface area contributed by atoms with Crippen LogP contribution in [0.2, 0.25) is 0 Å². The van der Waals surface area contributed by atoms with E-state index in [1.165, 1.54) is 19.3 Å². The summed E-state index contributed by atoms with van der Waals surface area (Å²) in [6, 6.07) is 8.19. The van der Waals surface area contributed by atoms with Gasteiger partial charge in [0, 0.05) is 43.5 Å². The molecule has 0 bridgehead atoms. The van der Waals surface area contributed by atoms with Crippen LogP contribution in [0.15, 0.2) is 24.3 Å².